The summed E-state index contributed by atoms with van der Waals surface area (Å²) < 4.78 is 24.2. The van der Waals surface area contributed by atoms with E-state index in [9.17, 15) is 13.2 Å². The van der Waals surface area contributed by atoms with Crippen LogP contribution in [0.2, 0.25) is 0 Å². The van der Waals surface area contributed by atoms with Crippen LogP contribution < -0.4 is 10.5 Å². The fourth-order valence-corrected chi connectivity index (χ4v) is 2.93. The molecule has 1 aromatic heterocycles. The molecule has 0 radical (unpaired) electrons. The number of sulfonamides is 1. The van der Waals surface area contributed by atoms with E-state index in [1.165, 1.54) is 18.3 Å². The number of rotatable bonds is 6. The maximum atomic E-state index is 12.2. The molecular formula is C18H18N4O3S. The molecule has 0 bridgehead atoms. The Morgan fingerprint density at radius 2 is 1.73 bits per heavy atom. The van der Waals surface area contributed by atoms with E-state index < -0.39 is 10.0 Å². The molecule has 1 amide bonds. The van der Waals surface area contributed by atoms with Crippen molar-refractivity contribution >= 4 is 15.9 Å². The average Bonchev–Trinajstić information content (AvgIpc) is 3.09. The highest BCUT2D eigenvalue weighted by molar-refractivity contribution is 7.89. The van der Waals surface area contributed by atoms with E-state index in [4.69, 9.17) is 5.14 Å². The van der Waals surface area contributed by atoms with Crippen LogP contribution in [0.4, 0.5) is 0 Å². The molecule has 3 aromatic rings. The zero-order chi connectivity index (χ0) is 18.6. The number of carbonyl (C=O) groups excluding carboxylic acids is 1. The number of amides is 1. The largest absolute Gasteiger partial charge is 0.348 e. The fraction of sp³-hybridized carbons (Fsp3) is 0.111. The zero-order valence-corrected chi connectivity index (χ0v) is 14.7. The van der Waals surface area contributed by atoms with Gasteiger partial charge in [0.1, 0.15) is 0 Å². The second kappa shape index (κ2) is 7.51. The highest BCUT2D eigenvalue weighted by Crippen LogP contribution is 2.09. The van der Waals surface area contributed by atoms with Crippen LogP contribution in [-0.2, 0) is 23.1 Å². The number of nitrogens with two attached hydrogens (primary N) is 1. The lowest BCUT2D eigenvalue weighted by Crippen LogP contribution is -2.22. The second-order valence-electron chi connectivity index (χ2n) is 5.78. The van der Waals surface area contributed by atoms with Gasteiger partial charge in [0.05, 0.1) is 23.2 Å². The first-order valence-corrected chi connectivity index (χ1v) is 9.43. The minimum atomic E-state index is -3.72. The first-order chi connectivity index (χ1) is 12.4. The molecular weight excluding hydrogens is 352 g/mol. The predicted octanol–water partition coefficient (Wildman–Crippen LogP) is 1.51. The number of hydrogen-bond donors (Lipinski definition) is 2. The molecule has 26 heavy (non-hydrogen) atoms. The number of nitrogens with zero attached hydrogens (tertiary/aromatic N) is 2. The van der Waals surface area contributed by atoms with Crippen molar-refractivity contribution < 1.29 is 13.2 Å². The maximum Gasteiger partial charge on any atom is 0.254 e. The van der Waals surface area contributed by atoms with Gasteiger partial charge in [0, 0.05) is 12.7 Å². The van der Waals surface area contributed by atoms with Gasteiger partial charge in [0.2, 0.25) is 10.0 Å². The highest BCUT2D eigenvalue weighted by Gasteiger charge is 2.10. The molecule has 0 saturated carbocycles. The van der Waals surface area contributed by atoms with Crippen molar-refractivity contribution in [3.05, 3.63) is 83.7 Å². The summed E-state index contributed by atoms with van der Waals surface area (Å²) in [4.78, 5) is 12.3. The first kappa shape index (κ1) is 17.8. The van der Waals surface area contributed by atoms with Crippen molar-refractivity contribution in [1.82, 2.24) is 15.1 Å². The van der Waals surface area contributed by atoms with Gasteiger partial charge < -0.3 is 5.32 Å². The van der Waals surface area contributed by atoms with Crippen molar-refractivity contribution in [2.75, 3.05) is 0 Å². The van der Waals surface area contributed by atoms with Gasteiger partial charge in [0.15, 0.2) is 0 Å². The van der Waals surface area contributed by atoms with E-state index in [0.29, 0.717) is 12.1 Å². The zero-order valence-electron chi connectivity index (χ0n) is 13.9. The molecule has 0 fully saturated rings. The van der Waals surface area contributed by atoms with Gasteiger partial charge >= 0.3 is 0 Å². The normalized spacial score (nSPS) is 11.3. The van der Waals surface area contributed by atoms with Gasteiger partial charge in [-0.15, -0.1) is 0 Å². The summed E-state index contributed by atoms with van der Waals surface area (Å²) in [5, 5.41) is 12.0. The van der Waals surface area contributed by atoms with Crippen molar-refractivity contribution in [2.24, 2.45) is 5.14 Å². The van der Waals surface area contributed by atoms with Crippen molar-refractivity contribution in [3.8, 4) is 0 Å². The molecule has 1 heterocycles. The van der Waals surface area contributed by atoms with Crippen LogP contribution >= 0.6 is 0 Å². The minimum Gasteiger partial charge on any atom is -0.348 e. The highest BCUT2D eigenvalue weighted by atomic mass is 32.2. The van der Waals surface area contributed by atoms with E-state index in [1.54, 1.807) is 23.0 Å². The molecule has 0 atom stereocenters. The van der Waals surface area contributed by atoms with Gasteiger partial charge in [-0.2, -0.15) is 5.10 Å². The van der Waals surface area contributed by atoms with E-state index in [-0.39, 0.29) is 17.3 Å². The first-order valence-electron chi connectivity index (χ1n) is 7.88. The summed E-state index contributed by atoms with van der Waals surface area (Å²) >= 11 is 0. The summed E-state index contributed by atoms with van der Waals surface area (Å²) in [7, 11) is -3.72. The predicted molar refractivity (Wildman–Crippen MR) is 96.8 cm³/mol. The van der Waals surface area contributed by atoms with Gasteiger partial charge in [-0.05, 0) is 23.3 Å². The van der Waals surface area contributed by atoms with Crippen molar-refractivity contribution in [2.45, 2.75) is 18.0 Å². The molecule has 7 nitrogen and oxygen atoms in total. The monoisotopic (exact) mass is 370 g/mol. The minimum absolute atomic E-state index is 0.0368. The Bertz CT molecular complexity index is 996. The Balaban J connectivity index is 1.58. The SMILES string of the molecule is NS(=O)(=O)c1ccc(CNC(=O)c2cnn(Cc3ccccc3)c2)cc1. The Labute approximate surface area is 151 Å². The van der Waals surface area contributed by atoms with Crippen molar-refractivity contribution in [1.29, 1.82) is 0 Å². The summed E-state index contributed by atoms with van der Waals surface area (Å²) in [6, 6.07) is 15.9. The number of nitrogens with one attached hydrogen (secondary N) is 1. The number of hydrogen-bond acceptors (Lipinski definition) is 4. The molecule has 3 rings (SSSR count). The molecule has 2 aromatic carbocycles. The Kier molecular flexibility index (Phi) is 5.15. The van der Waals surface area contributed by atoms with E-state index in [0.717, 1.165) is 11.1 Å². The summed E-state index contributed by atoms with van der Waals surface area (Å²) in [5.41, 5.74) is 2.32. The molecule has 0 aliphatic heterocycles. The van der Waals surface area contributed by atoms with Gasteiger partial charge in [-0.3, -0.25) is 9.48 Å². The third kappa shape index (κ3) is 4.56. The Morgan fingerprint density at radius 1 is 1.04 bits per heavy atom. The second-order valence-corrected chi connectivity index (χ2v) is 7.35. The molecule has 0 aliphatic carbocycles. The standard InChI is InChI=1S/C18H18N4O3S/c19-26(24,25)17-8-6-14(7-9-17)10-20-18(23)16-11-21-22(13-16)12-15-4-2-1-3-5-15/h1-9,11,13H,10,12H2,(H,20,23)(H2,19,24,25). The van der Waals surface area contributed by atoms with Crippen LogP contribution in [0.25, 0.3) is 0 Å². The van der Waals surface area contributed by atoms with Crippen LogP contribution in [-0.4, -0.2) is 24.1 Å². The summed E-state index contributed by atoms with van der Waals surface area (Å²) in [5.74, 6) is -0.250. The fourth-order valence-electron chi connectivity index (χ4n) is 2.42. The molecule has 0 saturated heterocycles. The molecule has 0 unspecified atom stereocenters. The van der Waals surface area contributed by atoms with Crippen LogP contribution in [0.15, 0.2) is 71.9 Å². The number of carbonyl (C=O) groups is 1. The lowest BCUT2D eigenvalue weighted by atomic mass is 10.2. The molecule has 8 heteroatoms. The molecule has 3 N–H and O–H groups in total. The van der Waals surface area contributed by atoms with E-state index >= 15 is 0 Å². The van der Waals surface area contributed by atoms with Gasteiger partial charge in [-0.25, -0.2) is 13.6 Å². The van der Waals surface area contributed by atoms with Crippen molar-refractivity contribution in [3.63, 3.8) is 0 Å². The van der Waals surface area contributed by atoms with Crippen LogP contribution in [0.3, 0.4) is 0 Å². The molecule has 134 valence electrons. The third-order valence-corrected chi connectivity index (χ3v) is 4.72. The van der Waals surface area contributed by atoms with Gasteiger partial charge in [-0.1, -0.05) is 42.5 Å². The smallest absolute Gasteiger partial charge is 0.254 e. The molecule has 0 aliphatic rings. The van der Waals surface area contributed by atoms with Gasteiger partial charge in [0.25, 0.3) is 5.91 Å². The quantitative estimate of drug-likeness (QED) is 0.686. The van der Waals surface area contributed by atoms with Crippen LogP contribution in [0, 0.1) is 0 Å². The molecule has 0 spiro atoms. The lowest BCUT2D eigenvalue weighted by molar-refractivity contribution is 0.0951. The maximum absolute atomic E-state index is 12.2. The third-order valence-electron chi connectivity index (χ3n) is 3.79. The van der Waals surface area contributed by atoms with E-state index in [2.05, 4.69) is 10.4 Å². The van der Waals surface area contributed by atoms with Crippen LogP contribution in [0.5, 0.6) is 0 Å². The lowest BCUT2D eigenvalue weighted by Gasteiger charge is -2.05. The van der Waals surface area contributed by atoms with Crippen LogP contribution in [0.1, 0.15) is 21.5 Å². The van der Waals surface area contributed by atoms with E-state index in [1.807, 2.05) is 30.3 Å². The Morgan fingerprint density at radius 3 is 2.38 bits per heavy atom. The number of benzene rings is 2. The topological polar surface area (TPSA) is 107 Å². The number of primary sulfonamides is 1. The summed E-state index contributed by atoms with van der Waals surface area (Å²) in [6.07, 6.45) is 3.20. The number of aromatic nitrogens is 2. The average molecular weight is 370 g/mol. The Hall–Kier alpha value is -2.97. The summed E-state index contributed by atoms with van der Waals surface area (Å²) in [6.45, 7) is 0.858.